The van der Waals surface area contributed by atoms with E-state index in [2.05, 4.69) is 0 Å². The van der Waals surface area contributed by atoms with Gasteiger partial charge in [0.25, 0.3) is 5.91 Å². The van der Waals surface area contributed by atoms with Crippen LogP contribution in [0.15, 0.2) is 48.5 Å². The predicted molar refractivity (Wildman–Crippen MR) is 107 cm³/mol. The summed E-state index contributed by atoms with van der Waals surface area (Å²) in [4.78, 5) is 27.4. The number of hydrogen-bond donors (Lipinski definition) is 0. The minimum absolute atomic E-state index is 0.0156. The standard InChI is InChI=1S/C22H26N2O4/c1-17-4-6-20(7-5-17)28-21-10-8-19(9-11-21)27-16-22(26)24-13-3-12-23(14-15-24)18(2)25/h4-11H,3,12-16H2,1-2H3. The second kappa shape index (κ2) is 9.26. The van der Waals surface area contributed by atoms with Crippen LogP contribution in [0.5, 0.6) is 17.2 Å². The van der Waals surface area contributed by atoms with Crippen molar-refractivity contribution in [2.75, 3.05) is 32.8 Å². The van der Waals surface area contributed by atoms with Gasteiger partial charge in [-0.1, -0.05) is 17.7 Å². The first-order chi connectivity index (χ1) is 13.5. The molecule has 0 spiro atoms. The van der Waals surface area contributed by atoms with Gasteiger partial charge in [0.05, 0.1) is 0 Å². The molecule has 2 aromatic carbocycles. The van der Waals surface area contributed by atoms with Crippen molar-refractivity contribution in [2.24, 2.45) is 0 Å². The zero-order valence-electron chi connectivity index (χ0n) is 16.4. The Bertz CT molecular complexity index is 802. The maximum absolute atomic E-state index is 12.4. The van der Waals surface area contributed by atoms with Gasteiger partial charge in [0.2, 0.25) is 5.91 Å². The average Bonchev–Trinajstić information content (AvgIpc) is 2.95. The Morgan fingerprint density at radius 1 is 0.821 bits per heavy atom. The van der Waals surface area contributed by atoms with Crippen molar-refractivity contribution >= 4 is 11.8 Å². The molecule has 2 aromatic rings. The third-order valence-electron chi connectivity index (χ3n) is 4.74. The summed E-state index contributed by atoms with van der Waals surface area (Å²) in [7, 11) is 0. The second-order valence-corrected chi connectivity index (χ2v) is 6.92. The highest BCUT2D eigenvalue weighted by molar-refractivity contribution is 5.78. The molecule has 6 heteroatoms. The number of amides is 2. The fourth-order valence-corrected chi connectivity index (χ4v) is 3.06. The van der Waals surface area contributed by atoms with Crippen LogP contribution in [0, 0.1) is 6.92 Å². The molecular weight excluding hydrogens is 356 g/mol. The van der Waals surface area contributed by atoms with E-state index in [1.165, 1.54) is 5.56 Å². The van der Waals surface area contributed by atoms with E-state index >= 15 is 0 Å². The van der Waals surface area contributed by atoms with Crippen LogP contribution in [0.3, 0.4) is 0 Å². The van der Waals surface area contributed by atoms with Crippen LogP contribution >= 0.6 is 0 Å². The van der Waals surface area contributed by atoms with Crippen LogP contribution in [-0.2, 0) is 9.59 Å². The third-order valence-corrected chi connectivity index (χ3v) is 4.74. The highest BCUT2D eigenvalue weighted by Gasteiger charge is 2.20. The molecule has 1 heterocycles. The molecule has 0 saturated carbocycles. The minimum Gasteiger partial charge on any atom is -0.484 e. The first-order valence-electron chi connectivity index (χ1n) is 9.52. The van der Waals surface area contributed by atoms with Crippen molar-refractivity contribution in [3.05, 3.63) is 54.1 Å². The molecule has 0 atom stereocenters. The van der Waals surface area contributed by atoms with Crippen LogP contribution in [0.25, 0.3) is 0 Å². The molecule has 2 amide bonds. The second-order valence-electron chi connectivity index (χ2n) is 6.92. The third kappa shape index (κ3) is 5.49. The van der Waals surface area contributed by atoms with Gasteiger partial charge >= 0.3 is 0 Å². The fourth-order valence-electron chi connectivity index (χ4n) is 3.06. The number of benzene rings is 2. The van der Waals surface area contributed by atoms with E-state index in [1.807, 2.05) is 43.3 Å². The Kier molecular flexibility index (Phi) is 6.53. The van der Waals surface area contributed by atoms with Gasteiger partial charge in [0, 0.05) is 33.1 Å². The monoisotopic (exact) mass is 382 g/mol. The molecule has 0 unspecified atom stereocenters. The van der Waals surface area contributed by atoms with Gasteiger partial charge in [-0.05, 0) is 49.7 Å². The maximum Gasteiger partial charge on any atom is 0.260 e. The van der Waals surface area contributed by atoms with Gasteiger partial charge in [-0.3, -0.25) is 9.59 Å². The van der Waals surface area contributed by atoms with Crippen molar-refractivity contribution in [2.45, 2.75) is 20.3 Å². The van der Waals surface area contributed by atoms with Gasteiger partial charge < -0.3 is 19.3 Å². The molecule has 0 aliphatic carbocycles. The first kappa shape index (κ1) is 19.7. The van der Waals surface area contributed by atoms with Crippen molar-refractivity contribution in [3.8, 4) is 17.2 Å². The molecule has 1 fully saturated rings. The summed E-state index contributed by atoms with van der Waals surface area (Å²) < 4.78 is 11.4. The zero-order chi connectivity index (χ0) is 19.9. The zero-order valence-corrected chi connectivity index (χ0v) is 16.4. The summed E-state index contributed by atoms with van der Waals surface area (Å²) >= 11 is 0. The summed E-state index contributed by atoms with van der Waals surface area (Å²) in [5.41, 5.74) is 1.18. The SMILES string of the molecule is CC(=O)N1CCCN(C(=O)COc2ccc(Oc3ccc(C)cc3)cc2)CC1. The van der Waals surface area contributed by atoms with Crippen molar-refractivity contribution in [3.63, 3.8) is 0 Å². The fraction of sp³-hybridized carbons (Fsp3) is 0.364. The number of nitrogens with zero attached hydrogens (tertiary/aromatic N) is 2. The number of aryl methyl sites for hydroxylation is 1. The lowest BCUT2D eigenvalue weighted by Crippen LogP contribution is -2.38. The Labute approximate surface area is 165 Å². The normalized spacial score (nSPS) is 14.4. The molecule has 1 saturated heterocycles. The molecule has 1 aliphatic heterocycles. The molecule has 6 nitrogen and oxygen atoms in total. The summed E-state index contributed by atoms with van der Waals surface area (Å²) in [6.45, 7) is 6.04. The molecular formula is C22H26N2O4. The molecule has 0 aromatic heterocycles. The molecule has 1 aliphatic rings. The summed E-state index contributed by atoms with van der Waals surface area (Å²) in [6, 6.07) is 15.0. The number of carbonyl (C=O) groups is 2. The lowest BCUT2D eigenvalue weighted by Gasteiger charge is -2.21. The van der Waals surface area contributed by atoms with Crippen LogP contribution < -0.4 is 9.47 Å². The lowest BCUT2D eigenvalue weighted by molar-refractivity contribution is -0.134. The van der Waals surface area contributed by atoms with Gasteiger partial charge in [-0.25, -0.2) is 0 Å². The minimum atomic E-state index is -0.0645. The molecule has 3 rings (SSSR count). The largest absolute Gasteiger partial charge is 0.484 e. The Morgan fingerprint density at radius 3 is 2.00 bits per heavy atom. The maximum atomic E-state index is 12.4. The molecule has 28 heavy (non-hydrogen) atoms. The number of hydrogen-bond acceptors (Lipinski definition) is 4. The van der Waals surface area contributed by atoms with E-state index in [-0.39, 0.29) is 18.4 Å². The van der Waals surface area contributed by atoms with Crippen molar-refractivity contribution in [1.82, 2.24) is 9.80 Å². The van der Waals surface area contributed by atoms with E-state index in [1.54, 1.807) is 28.9 Å². The van der Waals surface area contributed by atoms with Gasteiger partial charge in [-0.15, -0.1) is 0 Å². The summed E-state index contributed by atoms with van der Waals surface area (Å²) in [5.74, 6) is 2.09. The molecule has 148 valence electrons. The summed E-state index contributed by atoms with van der Waals surface area (Å²) in [5, 5.41) is 0. The van der Waals surface area contributed by atoms with Crippen molar-refractivity contribution < 1.29 is 19.1 Å². The Hall–Kier alpha value is -3.02. The van der Waals surface area contributed by atoms with E-state index in [0.717, 1.165) is 12.2 Å². The smallest absolute Gasteiger partial charge is 0.260 e. The van der Waals surface area contributed by atoms with E-state index < -0.39 is 0 Å². The highest BCUT2D eigenvalue weighted by Crippen LogP contribution is 2.24. The van der Waals surface area contributed by atoms with Gasteiger partial charge in [0.15, 0.2) is 6.61 Å². The van der Waals surface area contributed by atoms with Crippen LogP contribution in [-0.4, -0.2) is 54.4 Å². The summed E-state index contributed by atoms with van der Waals surface area (Å²) in [6.07, 6.45) is 0.788. The average molecular weight is 382 g/mol. The molecule has 0 bridgehead atoms. The van der Waals surface area contributed by atoms with E-state index in [4.69, 9.17) is 9.47 Å². The highest BCUT2D eigenvalue weighted by atomic mass is 16.5. The quantitative estimate of drug-likeness (QED) is 0.797. The number of rotatable bonds is 5. The van der Waals surface area contributed by atoms with Crippen LogP contribution in [0.1, 0.15) is 18.9 Å². The molecule has 0 N–H and O–H groups in total. The van der Waals surface area contributed by atoms with Crippen LogP contribution in [0.2, 0.25) is 0 Å². The number of ether oxygens (including phenoxy) is 2. The molecule has 0 radical (unpaired) electrons. The van der Waals surface area contributed by atoms with E-state index in [0.29, 0.717) is 37.7 Å². The first-order valence-corrected chi connectivity index (χ1v) is 9.52. The van der Waals surface area contributed by atoms with Gasteiger partial charge in [-0.2, -0.15) is 0 Å². The predicted octanol–water partition coefficient (Wildman–Crippen LogP) is 3.25. The topological polar surface area (TPSA) is 59.1 Å². The lowest BCUT2D eigenvalue weighted by atomic mass is 10.2. The Balaban J connectivity index is 1.48. The van der Waals surface area contributed by atoms with Crippen LogP contribution in [0.4, 0.5) is 0 Å². The Morgan fingerprint density at radius 2 is 1.36 bits per heavy atom. The van der Waals surface area contributed by atoms with Crippen molar-refractivity contribution in [1.29, 1.82) is 0 Å². The number of carbonyl (C=O) groups excluding carboxylic acids is 2. The van der Waals surface area contributed by atoms with Gasteiger partial charge in [0.1, 0.15) is 17.2 Å². The van der Waals surface area contributed by atoms with E-state index in [9.17, 15) is 9.59 Å².